The van der Waals surface area contributed by atoms with Gasteiger partial charge in [0.05, 0.1) is 6.07 Å². The fourth-order valence-corrected chi connectivity index (χ4v) is 1.51. The van der Waals surface area contributed by atoms with Crippen molar-refractivity contribution < 1.29 is 5.11 Å². The fraction of sp³-hybridized carbons (Fsp3) is 0.462. The summed E-state index contributed by atoms with van der Waals surface area (Å²) in [4.78, 5) is 0. The molecule has 1 aromatic carbocycles. The predicted molar refractivity (Wildman–Crippen MR) is 63.6 cm³/mol. The molecule has 0 bridgehead atoms. The lowest BCUT2D eigenvalue weighted by Gasteiger charge is -2.22. The highest BCUT2D eigenvalue weighted by Gasteiger charge is 2.21. The van der Waals surface area contributed by atoms with Gasteiger partial charge in [-0.05, 0) is 25.3 Å². The largest absolute Gasteiger partial charge is 0.396 e. The first kappa shape index (κ1) is 12.7. The Kier molecular flexibility index (Phi) is 4.97. The second-order valence-corrected chi connectivity index (χ2v) is 4.11. The predicted octanol–water partition coefficient (Wildman–Crippen LogP) is 1.83. The van der Waals surface area contributed by atoms with Gasteiger partial charge in [-0.15, -0.1) is 0 Å². The molecular formula is C13H18N2O. The molecule has 0 spiro atoms. The number of aliphatic hydroxyl groups excluding tert-OH is 1. The Bertz CT molecular complexity index is 345. The Labute approximate surface area is 96.7 Å². The van der Waals surface area contributed by atoms with Crippen LogP contribution in [0.5, 0.6) is 0 Å². The van der Waals surface area contributed by atoms with Gasteiger partial charge < -0.3 is 5.11 Å². The van der Waals surface area contributed by atoms with E-state index in [1.807, 2.05) is 37.3 Å². The molecule has 1 rings (SSSR count). The van der Waals surface area contributed by atoms with E-state index in [2.05, 4.69) is 11.4 Å². The van der Waals surface area contributed by atoms with Gasteiger partial charge in [-0.25, -0.2) is 0 Å². The molecule has 0 aliphatic rings. The summed E-state index contributed by atoms with van der Waals surface area (Å²) in [6.45, 7) is 2.67. The maximum atomic E-state index is 9.10. The molecule has 2 N–H and O–H groups in total. The third-order valence-electron chi connectivity index (χ3n) is 2.61. The average molecular weight is 218 g/mol. The smallest absolute Gasteiger partial charge is 0.104 e. The molecule has 0 aliphatic heterocycles. The van der Waals surface area contributed by atoms with Crippen LogP contribution >= 0.6 is 0 Å². The molecule has 1 aromatic rings. The summed E-state index contributed by atoms with van der Waals surface area (Å²) < 4.78 is 0. The Morgan fingerprint density at radius 3 is 2.62 bits per heavy atom. The van der Waals surface area contributed by atoms with Gasteiger partial charge in [0.1, 0.15) is 5.54 Å². The monoisotopic (exact) mass is 218 g/mol. The summed E-state index contributed by atoms with van der Waals surface area (Å²) in [5, 5.41) is 21.1. The first-order valence-electron chi connectivity index (χ1n) is 5.51. The number of aliphatic hydroxyl groups is 1. The van der Waals surface area contributed by atoms with Gasteiger partial charge in [-0.1, -0.05) is 30.3 Å². The van der Waals surface area contributed by atoms with Crippen molar-refractivity contribution in [1.82, 2.24) is 5.32 Å². The van der Waals surface area contributed by atoms with Crippen LogP contribution in [0.15, 0.2) is 30.3 Å². The van der Waals surface area contributed by atoms with Gasteiger partial charge in [-0.3, -0.25) is 5.32 Å². The van der Waals surface area contributed by atoms with E-state index in [-0.39, 0.29) is 6.61 Å². The zero-order valence-electron chi connectivity index (χ0n) is 9.61. The van der Waals surface area contributed by atoms with Crippen molar-refractivity contribution in [2.45, 2.75) is 31.8 Å². The lowest BCUT2D eigenvalue weighted by molar-refractivity contribution is 0.265. The molecular weight excluding hydrogens is 200 g/mol. The highest BCUT2D eigenvalue weighted by molar-refractivity contribution is 5.15. The van der Waals surface area contributed by atoms with Gasteiger partial charge >= 0.3 is 0 Å². The topological polar surface area (TPSA) is 56.0 Å². The Morgan fingerprint density at radius 1 is 1.38 bits per heavy atom. The fourth-order valence-electron chi connectivity index (χ4n) is 1.51. The summed E-state index contributed by atoms with van der Waals surface area (Å²) in [5.41, 5.74) is 0.603. The Morgan fingerprint density at radius 2 is 2.06 bits per heavy atom. The van der Waals surface area contributed by atoms with Crippen molar-refractivity contribution in [1.29, 1.82) is 5.26 Å². The van der Waals surface area contributed by atoms with E-state index in [1.54, 1.807) is 0 Å². The second-order valence-electron chi connectivity index (χ2n) is 4.11. The highest BCUT2D eigenvalue weighted by Crippen LogP contribution is 2.12. The number of nitrogens with zero attached hydrogens (tertiary/aromatic N) is 1. The molecule has 0 aromatic heterocycles. The van der Waals surface area contributed by atoms with E-state index in [0.717, 1.165) is 5.56 Å². The van der Waals surface area contributed by atoms with Crippen molar-refractivity contribution in [3.63, 3.8) is 0 Å². The molecule has 0 heterocycles. The molecule has 1 atom stereocenters. The van der Waals surface area contributed by atoms with Gasteiger partial charge in [0.15, 0.2) is 0 Å². The summed E-state index contributed by atoms with van der Waals surface area (Å²) in [6, 6.07) is 12.2. The lowest BCUT2D eigenvalue weighted by Crippen LogP contribution is -2.40. The molecule has 16 heavy (non-hydrogen) atoms. The summed E-state index contributed by atoms with van der Waals surface area (Å²) in [6.07, 6.45) is 1.30. The average Bonchev–Trinajstić information content (AvgIpc) is 2.35. The van der Waals surface area contributed by atoms with Crippen molar-refractivity contribution in [2.75, 3.05) is 6.61 Å². The van der Waals surface area contributed by atoms with E-state index in [4.69, 9.17) is 10.4 Å². The van der Waals surface area contributed by atoms with Crippen molar-refractivity contribution >= 4 is 0 Å². The third-order valence-corrected chi connectivity index (χ3v) is 2.61. The molecule has 3 nitrogen and oxygen atoms in total. The SMILES string of the molecule is CC(C#N)(CCCO)NCc1ccccc1. The van der Waals surface area contributed by atoms with Crippen molar-refractivity contribution in [3.8, 4) is 6.07 Å². The van der Waals surface area contributed by atoms with E-state index < -0.39 is 5.54 Å². The van der Waals surface area contributed by atoms with Crippen LogP contribution in [0.3, 0.4) is 0 Å². The zero-order valence-corrected chi connectivity index (χ0v) is 9.61. The molecule has 0 fully saturated rings. The van der Waals surface area contributed by atoms with Gasteiger partial charge in [0, 0.05) is 13.2 Å². The number of nitrogens with one attached hydrogen (secondary N) is 1. The lowest BCUT2D eigenvalue weighted by atomic mass is 9.97. The minimum Gasteiger partial charge on any atom is -0.396 e. The molecule has 0 saturated heterocycles. The van der Waals surface area contributed by atoms with Gasteiger partial charge in [0.25, 0.3) is 0 Å². The van der Waals surface area contributed by atoms with Crippen LogP contribution in [0.25, 0.3) is 0 Å². The standard InChI is InChI=1S/C13H18N2O/c1-13(11-14,8-5-9-16)15-10-12-6-3-2-4-7-12/h2-4,6-7,15-16H,5,8-10H2,1H3. The van der Waals surface area contributed by atoms with Crippen LogP contribution in [0, 0.1) is 11.3 Å². The van der Waals surface area contributed by atoms with Crippen LogP contribution in [-0.4, -0.2) is 17.3 Å². The molecule has 3 heteroatoms. The maximum absolute atomic E-state index is 9.10. The number of hydrogen-bond donors (Lipinski definition) is 2. The first-order chi connectivity index (χ1) is 7.70. The minimum atomic E-state index is -0.557. The maximum Gasteiger partial charge on any atom is 0.104 e. The number of benzene rings is 1. The number of hydrogen-bond acceptors (Lipinski definition) is 3. The molecule has 86 valence electrons. The molecule has 1 unspecified atom stereocenters. The molecule has 0 radical (unpaired) electrons. The Hall–Kier alpha value is -1.37. The minimum absolute atomic E-state index is 0.129. The van der Waals surface area contributed by atoms with E-state index in [9.17, 15) is 0 Å². The Balaban J connectivity index is 2.49. The van der Waals surface area contributed by atoms with E-state index in [1.165, 1.54) is 0 Å². The molecule has 0 amide bonds. The van der Waals surface area contributed by atoms with Crippen LogP contribution in [0.1, 0.15) is 25.3 Å². The quantitative estimate of drug-likeness (QED) is 0.766. The van der Waals surface area contributed by atoms with E-state index in [0.29, 0.717) is 19.4 Å². The summed E-state index contributed by atoms with van der Waals surface area (Å²) in [5.74, 6) is 0. The zero-order chi connectivity index (χ0) is 11.9. The highest BCUT2D eigenvalue weighted by atomic mass is 16.2. The second kappa shape index (κ2) is 6.26. The van der Waals surface area contributed by atoms with Crippen molar-refractivity contribution in [2.24, 2.45) is 0 Å². The molecule has 0 aliphatic carbocycles. The third kappa shape index (κ3) is 4.01. The van der Waals surface area contributed by atoms with Crippen LogP contribution in [0.4, 0.5) is 0 Å². The van der Waals surface area contributed by atoms with Gasteiger partial charge in [0.2, 0.25) is 0 Å². The normalized spacial score (nSPS) is 14.1. The van der Waals surface area contributed by atoms with E-state index >= 15 is 0 Å². The van der Waals surface area contributed by atoms with Gasteiger partial charge in [-0.2, -0.15) is 5.26 Å². The molecule has 0 saturated carbocycles. The first-order valence-corrected chi connectivity index (χ1v) is 5.51. The van der Waals surface area contributed by atoms with Crippen LogP contribution in [0.2, 0.25) is 0 Å². The number of nitriles is 1. The van der Waals surface area contributed by atoms with Crippen LogP contribution in [-0.2, 0) is 6.54 Å². The van der Waals surface area contributed by atoms with Crippen molar-refractivity contribution in [3.05, 3.63) is 35.9 Å². The summed E-state index contributed by atoms with van der Waals surface area (Å²) in [7, 11) is 0. The number of rotatable bonds is 6. The summed E-state index contributed by atoms with van der Waals surface area (Å²) >= 11 is 0. The van der Waals surface area contributed by atoms with Crippen LogP contribution < -0.4 is 5.32 Å².